The van der Waals surface area contributed by atoms with E-state index in [4.69, 9.17) is 10.5 Å². The molecule has 0 saturated carbocycles. The van der Waals surface area contributed by atoms with Crippen molar-refractivity contribution in [2.24, 2.45) is 5.73 Å². The van der Waals surface area contributed by atoms with E-state index in [-0.39, 0.29) is 6.04 Å². The Labute approximate surface area is 120 Å². The van der Waals surface area contributed by atoms with Crippen molar-refractivity contribution in [1.29, 1.82) is 0 Å². The molecule has 4 heteroatoms. The number of nitrogens with two attached hydrogens (primary N) is 1. The lowest BCUT2D eigenvalue weighted by atomic mass is 9.99. The van der Waals surface area contributed by atoms with Crippen LogP contribution >= 0.6 is 27.3 Å². The van der Waals surface area contributed by atoms with Crippen molar-refractivity contribution in [3.63, 3.8) is 0 Å². The highest BCUT2D eigenvalue weighted by Crippen LogP contribution is 2.35. The third-order valence-corrected chi connectivity index (χ3v) is 4.92. The quantitative estimate of drug-likeness (QED) is 0.918. The van der Waals surface area contributed by atoms with Gasteiger partial charge in [0.05, 0.1) is 13.2 Å². The van der Waals surface area contributed by atoms with Crippen molar-refractivity contribution in [2.75, 3.05) is 7.11 Å². The lowest BCUT2D eigenvalue weighted by Crippen LogP contribution is -2.12. The number of ether oxygens (including phenoxy) is 1. The first-order valence-electron chi connectivity index (χ1n) is 5.68. The molecule has 1 heterocycles. The molecule has 0 spiro atoms. The second kappa shape index (κ2) is 5.43. The summed E-state index contributed by atoms with van der Waals surface area (Å²) in [5.41, 5.74) is 9.74. The number of methoxy groups -OCH3 is 1. The molecule has 0 bridgehead atoms. The Morgan fingerprint density at radius 2 is 2.06 bits per heavy atom. The van der Waals surface area contributed by atoms with Gasteiger partial charge in [0.2, 0.25) is 0 Å². The zero-order chi connectivity index (χ0) is 13.3. The van der Waals surface area contributed by atoms with Gasteiger partial charge in [0.15, 0.2) is 0 Å². The minimum Gasteiger partial charge on any atom is -0.496 e. The molecule has 2 rings (SSSR count). The fourth-order valence-electron chi connectivity index (χ4n) is 1.97. The molecule has 1 aromatic carbocycles. The SMILES string of the molecule is COc1c(C(N)c2cc(Br)cs2)ccc(C)c1C. The van der Waals surface area contributed by atoms with E-state index in [1.165, 1.54) is 5.56 Å². The summed E-state index contributed by atoms with van der Waals surface area (Å²) in [4.78, 5) is 1.13. The van der Waals surface area contributed by atoms with Gasteiger partial charge in [-0.1, -0.05) is 12.1 Å². The van der Waals surface area contributed by atoms with Gasteiger partial charge in [0, 0.05) is 20.3 Å². The Bertz CT molecular complexity index is 565. The van der Waals surface area contributed by atoms with Crippen molar-refractivity contribution in [3.05, 3.63) is 49.6 Å². The summed E-state index contributed by atoms with van der Waals surface area (Å²) in [5, 5.41) is 2.04. The van der Waals surface area contributed by atoms with Crippen LogP contribution < -0.4 is 10.5 Å². The minimum atomic E-state index is -0.143. The lowest BCUT2D eigenvalue weighted by Gasteiger charge is -2.17. The van der Waals surface area contributed by atoms with Gasteiger partial charge in [-0.3, -0.25) is 0 Å². The molecule has 2 N–H and O–H groups in total. The predicted octanol–water partition coefficient (Wildman–Crippen LogP) is 4.18. The molecule has 1 unspecified atom stereocenters. The summed E-state index contributed by atoms with van der Waals surface area (Å²) in [7, 11) is 1.70. The Morgan fingerprint density at radius 1 is 1.33 bits per heavy atom. The normalized spacial score (nSPS) is 12.5. The number of thiophene rings is 1. The average molecular weight is 326 g/mol. The minimum absolute atomic E-state index is 0.143. The first kappa shape index (κ1) is 13.6. The second-order valence-electron chi connectivity index (χ2n) is 4.27. The van der Waals surface area contributed by atoms with Gasteiger partial charge in [0.25, 0.3) is 0 Å². The summed E-state index contributed by atoms with van der Waals surface area (Å²) in [6.45, 7) is 4.14. The van der Waals surface area contributed by atoms with Crippen LogP contribution in [0.1, 0.15) is 27.6 Å². The lowest BCUT2D eigenvalue weighted by molar-refractivity contribution is 0.404. The van der Waals surface area contributed by atoms with Crippen LogP contribution in [0.25, 0.3) is 0 Å². The molecule has 0 fully saturated rings. The zero-order valence-corrected chi connectivity index (χ0v) is 13.1. The molecule has 1 aromatic heterocycles. The molecule has 18 heavy (non-hydrogen) atoms. The summed E-state index contributed by atoms with van der Waals surface area (Å²) < 4.78 is 6.59. The molecule has 2 nitrogen and oxygen atoms in total. The predicted molar refractivity (Wildman–Crippen MR) is 80.5 cm³/mol. The third kappa shape index (κ3) is 2.46. The van der Waals surface area contributed by atoms with Gasteiger partial charge in [-0.25, -0.2) is 0 Å². The Balaban J connectivity index is 2.48. The summed E-state index contributed by atoms with van der Waals surface area (Å²) in [6.07, 6.45) is 0. The number of hydrogen-bond acceptors (Lipinski definition) is 3. The molecule has 96 valence electrons. The van der Waals surface area contributed by atoms with E-state index in [1.54, 1.807) is 18.4 Å². The van der Waals surface area contributed by atoms with Crippen molar-refractivity contribution >= 4 is 27.3 Å². The maximum atomic E-state index is 6.33. The largest absolute Gasteiger partial charge is 0.496 e. The maximum Gasteiger partial charge on any atom is 0.127 e. The Hall–Kier alpha value is -0.840. The van der Waals surface area contributed by atoms with E-state index in [2.05, 4.69) is 48.0 Å². The van der Waals surface area contributed by atoms with Crippen LogP contribution in [0.2, 0.25) is 0 Å². The summed E-state index contributed by atoms with van der Waals surface area (Å²) >= 11 is 5.11. The molecule has 1 atom stereocenters. The van der Waals surface area contributed by atoms with Crippen molar-refractivity contribution in [1.82, 2.24) is 0 Å². The number of rotatable bonds is 3. The molecular formula is C14H16BrNOS. The van der Waals surface area contributed by atoms with Crippen LogP contribution in [-0.2, 0) is 0 Å². The summed E-state index contributed by atoms with van der Waals surface area (Å²) in [6, 6.07) is 6.06. The van der Waals surface area contributed by atoms with Crippen LogP contribution in [-0.4, -0.2) is 7.11 Å². The topological polar surface area (TPSA) is 35.2 Å². The van der Waals surface area contributed by atoms with Gasteiger partial charge in [-0.05, 0) is 47.0 Å². The van der Waals surface area contributed by atoms with Crippen LogP contribution in [0.15, 0.2) is 28.1 Å². The zero-order valence-electron chi connectivity index (χ0n) is 10.7. The fraction of sp³-hybridized carbons (Fsp3) is 0.286. The smallest absolute Gasteiger partial charge is 0.127 e. The van der Waals surface area contributed by atoms with Crippen molar-refractivity contribution in [2.45, 2.75) is 19.9 Å². The summed E-state index contributed by atoms with van der Waals surface area (Å²) in [5.74, 6) is 0.895. The van der Waals surface area contributed by atoms with E-state index in [1.807, 2.05) is 5.38 Å². The first-order chi connectivity index (χ1) is 8.54. The van der Waals surface area contributed by atoms with E-state index >= 15 is 0 Å². The highest BCUT2D eigenvalue weighted by Gasteiger charge is 2.18. The van der Waals surface area contributed by atoms with Crippen LogP contribution in [0.4, 0.5) is 0 Å². The van der Waals surface area contributed by atoms with Crippen LogP contribution in [0.5, 0.6) is 5.75 Å². The van der Waals surface area contributed by atoms with E-state index in [9.17, 15) is 0 Å². The average Bonchev–Trinajstić information content (AvgIpc) is 2.78. The van der Waals surface area contributed by atoms with E-state index in [0.717, 1.165) is 26.2 Å². The first-order valence-corrected chi connectivity index (χ1v) is 7.35. The molecule has 0 radical (unpaired) electrons. The third-order valence-electron chi connectivity index (χ3n) is 3.14. The number of aryl methyl sites for hydroxylation is 1. The Kier molecular flexibility index (Phi) is 4.10. The van der Waals surface area contributed by atoms with Crippen molar-refractivity contribution in [3.8, 4) is 5.75 Å². The molecule has 0 aliphatic rings. The standard InChI is InChI=1S/C14H16BrNOS/c1-8-4-5-11(14(17-3)9(8)2)13(16)12-6-10(15)7-18-12/h4-7,13H,16H2,1-3H3. The molecular weight excluding hydrogens is 310 g/mol. The van der Waals surface area contributed by atoms with Gasteiger partial charge in [-0.2, -0.15) is 0 Å². The molecule has 2 aromatic rings. The second-order valence-corrected chi connectivity index (χ2v) is 6.13. The van der Waals surface area contributed by atoms with Crippen LogP contribution in [0.3, 0.4) is 0 Å². The maximum absolute atomic E-state index is 6.33. The van der Waals surface area contributed by atoms with E-state index < -0.39 is 0 Å². The monoisotopic (exact) mass is 325 g/mol. The number of halogens is 1. The van der Waals surface area contributed by atoms with Gasteiger partial charge >= 0.3 is 0 Å². The van der Waals surface area contributed by atoms with Gasteiger partial charge in [-0.15, -0.1) is 11.3 Å². The molecule has 0 aliphatic heterocycles. The molecule has 0 amide bonds. The molecule has 0 aliphatic carbocycles. The number of hydrogen-bond donors (Lipinski definition) is 1. The van der Waals surface area contributed by atoms with Crippen molar-refractivity contribution < 1.29 is 4.74 Å². The van der Waals surface area contributed by atoms with Crippen LogP contribution in [0, 0.1) is 13.8 Å². The fourth-order valence-corrected chi connectivity index (χ4v) is 3.44. The van der Waals surface area contributed by atoms with E-state index in [0.29, 0.717) is 0 Å². The molecule has 0 saturated heterocycles. The number of benzene rings is 1. The van der Waals surface area contributed by atoms with Gasteiger partial charge < -0.3 is 10.5 Å². The highest BCUT2D eigenvalue weighted by atomic mass is 79.9. The Morgan fingerprint density at radius 3 is 2.61 bits per heavy atom. The highest BCUT2D eigenvalue weighted by molar-refractivity contribution is 9.10. The van der Waals surface area contributed by atoms with Gasteiger partial charge in [0.1, 0.15) is 5.75 Å².